The SMILES string of the molecule is CCCCCCCCCCn1cc(CNCC2CC2)nn1. The standard InChI is InChI=1S/C17H32N4/c1-2-3-4-5-6-7-8-9-12-21-15-17(19-20-21)14-18-13-16-10-11-16/h15-16,18H,2-14H2,1H3. The van der Waals surface area contributed by atoms with Gasteiger partial charge in [0.25, 0.3) is 0 Å². The first kappa shape index (κ1) is 16.5. The molecule has 1 fully saturated rings. The Kier molecular flexibility index (Phi) is 7.79. The molecule has 21 heavy (non-hydrogen) atoms. The van der Waals surface area contributed by atoms with E-state index < -0.39 is 0 Å². The highest BCUT2D eigenvalue weighted by molar-refractivity contribution is 4.92. The second-order valence-electron chi connectivity index (χ2n) is 6.52. The molecule has 120 valence electrons. The molecule has 1 aliphatic rings. The van der Waals surface area contributed by atoms with Crippen LogP contribution in [0.15, 0.2) is 6.20 Å². The molecule has 4 nitrogen and oxygen atoms in total. The molecule has 1 N–H and O–H groups in total. The third kappa shape index (κ3) is 7.60. The van der Waals surface area contributed by atoms with Crippen molar-refractivity contribution in [1.29, 1.82) is 0 Å². The molecule has 0 aromatic carbocycles. The summed E-state index contributed by atoms with van der Waals surface area (Å²) in [7, 11) is 0. The summed E-state index contributed by atoms with van der Waals surface area (Å²) in [5.41, 5.74) is 1.08. The Hall–Kier alpha value is -0.900. The van der Waals surface area contributed by atoms with Gasteiger partial charge in [-0.1, -0.05) is 57.1 Å². The van der Waals surface area contributed by atoms with Gasteiger partial charge in [0, 0.05) is 19.3 Å². The number of aryl methyl sites for hydroxylation is 1. The minimum absolute atomic E-state index is 0.869. The van der Waals surface area contributed by atoms with Gasteiger partial charge in [-0.3, -0.25) is 4.68 Å². The average Bonchev–Trinajstić information content (AvgIpc) is 3.20. The lowest BCUT2D eigenvalue weighted by atomic mass is 10.1. The van der Waals surface area contributed by atoms with E-state index in [1.165, 1.54) is 64.2 Å². The number of aromatic nitrogens is 3. The van der Waals surface area contributed by atoms with Crippen molar-refractivity contribution in [3.8, 4) is 0 Å². The van der Waals surface area contributed by atoms with E-state index in [9.17, 15) is 0 Å². The molecule has 0 atom stereocenters. The Morgan fingerprint density at radius 2 is 1.81 bits per heavy atom. The maximum absolute atomic E-state index is 4.23. The van der Waals surface area contributed by atoms with Gasteiger partial charge < -0.3 is 5.32 Å². The highest BCUT2D eigenvalue weighted by Gasteiger charge is 2.20. The summed E-state index contributed by atoms with van der Waals surface area (Å²) in [6.07, 6.45) is 15.8. The first-order chi connectivity index (χ1) is 10.4. The Balaban J connectivity index is 1.45. The first-order valence-corrected chi connectivity index (χ1v) is 8.98. The van der Waals surface area contributed by atoms with Gasteiger partial charge in [-0.25, -0.2) is 0 Å². The molecular weight excluding hydrogens is 260 g/mol. The number of nitrogens with one attached hydrogen (secondary N) is 1. The fourth-order valence-electron chi connectivity index (χ4n) is 2.66. The van der Waals surface area contributed by atoms with Crippen molar-refractivity contribution in [3.05, 3.63) is 11.9 Å². The predicted octanol–water partition coefficient (Wildman–Crippen LogP) is 3.92. The summed E-state index contributed by atoms with van der Waals surface area (Å²) in [5.74, 6) is 0.928. The molecule has 1 heterocycles. The summed E-state index contributed by atoms with van der Waals surface area (Å²) in [4.78, 5) is 0. The van der Waals surface area contributed by atoms with Crippen LogP contribution in [0.3, 0.4) is 0 Å². The van der Waals surface area contributed by atoms with Gasteiger partial charge >= 0.3 is 0 Å². The minimum atomic E-state index is 0.869. The van der Waals surface area contributed by atoms with E-state index >= 15 is 0 Å². The predicted molar refractivity (Wildman–Crippen MR) is 87.1 cm³/mol. The minimum Gasteiger partial charge on any atom is -0.311 e. The molecule has 0 aliphatic heterocycles. The lowest BCUT2D eigenvalue weighted by Gasteiger charge is -2.02. The fraction of sp³-hybridized carbons (Fsp3) is 0.882. The number of hydrogen-bond acceptors (Lipinski definition) is 3. The maximum Gasteiger partial charge on any atom is 0.0964 e. The van der Waals surface area contributed by atoms with Crippen molar-refractivity contribution >= 4 is 0 Å². The molecule has 1 aliphatic carbocycles. The van der Waals surface area contributed by atoms with Crippen LogP contribution >= 0.6 is 0 Å². The van der Waals surface area contributed by atoms with E-state index in [1.54, 1.807) is 0 Å². The summed E-state index contributed by atoms with van der Waals surface area (Å²) in [5, 5.41) is 11.9. The zero-order chi connectivity index (χ0) is 14.8. The van der Waals surface area contributed by atoms with Gasteiger partial charge in [-0.2, -0.15) is 0 Å². The van der Waals surface area contributed by atoms with Gasteiger partial charge in [0.1, 0.15) is 0 Å². The largest absolute Gasteiger partial charge is 0.311 e. The van der Waals surface area contributed by atoms with Gasteiger partial charge in [-0.05, 0) is 31.7 Å². The van der Waals surface area contributed by atoms with Crippen LogP contribution in [0, 0.1) is 5.92 Å². The third-order valence-corrected chi connectivity index (χ3v) is 4.26. The van der Waals surface area contributed by atoms with Gasteiger partial charge in [0.2, 0.25) is 0 Å². The van der Waals surface area contributed by atoms with Crippen LogP contribution in [0.5, 0.6) is 0 Å². The summed E-state index contributed by atoms with van der Waals surface area (Å²) < 4.78 is 2.01. The lowest BCUT2D eigenvalue weighted by molar-refractivity contribution is 0.510. The van der Waals surface area contributed by atoms with Crippen molar-refractivity contribution in [3.63, 3.8) is 0 Å². The van der Waals surface area contributed by atoms with Gasteiger partial charge in [0.05, 0.1) is 5.69 Å². The van der Waals surface area contributed by atoms with Crippen LogP contribution in [0.1, 0.15) is 76.8 Å². The number of hydrogen-bond donors (Lipinski definition) is 1. The molecule has 0 spiro atoms. The van der Waals surface area contributed by atoms with E-state index in [0.717, 1.165) is 31.2 Å². The van der Waals surface area contributed by atoms with E-state index in [0.29, 0.717) is 0 Å². The third-order valence-electron chi connectivity index (χ3n) is 4.26. The zero-order valence-electron chi connectivity index (χ0n) is 13.7. The van der Waals surface area contributed by atoms with Crippen molar-refractivity contribution in [2.24, 2.45) is 5.92 Å². The molecule has 0 unspecified atom stereocenters. The van der Waals surface area contributed by atoms with Gasteiger partial charge in [0.15, 0.2) is 0 Å². The monoisotopic (exact) mass is 292 g/mol. The highest BCUT2D eigenvalue weighted by atomic mass is 15.4. The van der Waals surface area contributed by atoms with Gasteiger partial charge in [-0.15, -0.1) is 5.10 Å². The molecular formula is C17H32N4. The molecule has 2 rings (SSSR count). The van der Waals surface area contributed by atoms with E-state index in [2.05, 4.69) is 28.7 Å². The highest BCUT2D eigenvalue weighted by Crippen LogP contribution is 2.27. The topological polar surface area (TPSA) is 42.7 Å². The van der Waals surface area contributed by atoms with Crippen LogP contribution in [-0.2, 0) is 13.1 Å². The molecule has 0 radical (unpaired) electrons. The molecule has 0 amide bonds. The molecule has 0 saturated heterocycles. The number of nitrogens with zero attached hydrogens (tertiary/aromatic N) is 3. The summed E-state index contributed by atoms with van der Waals surface area (Å²) in [6.45, 7) is 5.30. The van der Waals surface area contributed by atoms with Crippen LogP contribution < -0.4 is 5.32 Å². The molecule has 1 aromatic heterocycles. The normalized spacial score (nSPS) is 14.7. The molecule has 0 bridgehead atoms. The summed E-state index contributed by atoms with van der Waals surface area (Å²) in [6, 6.07) is 0. The van der Waals surface area contributed by atoms with Crippen molar-refractivity contribution < 1.29 is 0 Å². The first-order valence-electron chi connectivity index (χ1n) is 8.98. The number of unbranched alkanes of at least 4 members (excludes halogenated alkanes) is 7. The Morgan fingerprint density at radius 1 is 1.10 bits per heavy atom. The molecule has 1 saturated carbocycles. The molecule has 1 aromatic rings. The number of rotatable bonds is 13. The lowest BCUT2D eigenvalue weighted by Crippen LogP contribution is -2.16. The van der Waals surface area contributed by atoms with E-state index in [-0.39, 0.29) is 0 Å². The maximum atomic E-state index is 4.23. The smallest absolute Gasteiger partial charge is 0.0964 e. The summed E-state index contributed by atoms with van der Waals surface area (Å²) >= 11 is 0. The zero-order valence-corrected chi connectivity index (χ0v) is 13.7. The second-order valence-corrected chi connectivity index (χ2v) is 6.52. The van der Waals surface area contributed by atoms with E-state index in [4.69, 9.17) is 0 Å². The van der Waals surface area contributed by atoms with Crippen molar-refractivity contribution in [2.75, 3.05) is 6.54 Å². The van der Waals surface area contributed by atoms with E-state index in [1.807, 2.05) is 4.68 Å². The van der Waals surface area contributed by atoms with Crippen molar-refractivity contribution in [1.82, 2.24) is 20.3 Å². The second kappa shape index (κ2) is 9.93. The average molecular weight is 292 g/mol. The fourth-order valence-corrected chi connectivity index (χ4v) is 2.66. The van der Waals surface area contributed by atoms with Crippen LogP contribution in [0.25, 0.3) is 0 Å². The quantitative estimate of drug-likeness (QED) is 0.560. The molecule has 4 heteroatoms. The van der Waals surface area contributed by atoms with Crippen LogP contribution in [-0.4, -0.2) is 21.5 Å². The van der Waals surface area contributed by atoms with Crippen LogP contribution in [0.4, 0.5) is 0 Å². The Labute approximate surface area is 129 Å². The van der Waals surface area contributed by atoms with Crippen molar-refractivity contribution in [2.45, 2.75) is 84.2 Å². The Bertz CT molecular complexity index is 371. The van der Waals surface area contributed by atoms with Crippen LogP contribution in [0.2, 0.25) is 0 Å². The Morgan fingerprint density at radius 3 is 2.52 bits per heavy atom.